The minimum absolute atomic E-state index is 0.106. The van der Waals surface area contributed by atoms with Gasteiger partial charge < -0.3 is 0 Å². The van der Waals surface area contributed by atoms with Gasteiger partial charge in [-0.15, -0.1) is 0 Å². The highest BCUT2D eigenvalue weighted by Gasteiger charge is 2.06. The lowest BCUT2D eigenvalue weighted by Crippen LogP contribution is -2.25. The number of hydrogen-bond acceptors (Lipinski definition) is 4. The van der Waals surface area contributed by atoms with Crippen molar-refractivity contribution in [3.63, 3.8) is 0 Å². The van der Waals surface area contributed by atoms with Gasteiger partial charge in [0.05, 0.1) is 6.61 Å². The Labute approximate surface area is 90.4 Å². The molecule has 0 atom stereocenters. The molecular formula is C9H17NO4S. The standard InChI is InChI=1S/C9H17NO4S/c1-4-5-6-14-10-9(11)8(2)7-15(3,12)13/h7H,4-6H2,1-3H3,(H,10,11). The highest BCUT2D eigenvalue weighted by atomic mass is 32.2. The van der Waals surface area contributed by atoms with Gasteiger partial charge in [0.1, 0.15) is 0 Å². The minimum Gasteiger partial charge on any atom is -0.273 e. The maximum atomic E-state index is 11.2. The number of carbonyl (C=O) groups excluding carboxylic acids is 1. The normalized spacial score (nSPS) is 12.6. The molecule has 1 amide bonds. The van der Waals surface area contributed by atoms with Gasteiger partial charge in [-0.2, -0.15) is 0 Å². The molecule has 1 N–H and O–H groups in total. The molecular weight excluding hydrogens is 218 g/mol. The Hall–Kier alpha value is -0.880. The second-order valence-corrected chi connectivity index (χ2v) is 5.16. The molecule has 0 bridgehead atoms. The van der Waals surface area contributed by atoms with Gasteiger partial charge in [-0.05, 0) is 13.3 Å². The molecule has 6 heteroatoms. The van der Waals surface area contributed by atoms with E-state index >= 15 is 0 Å². The van der Waals surface area contributed by atoms with Gasteiger partial charge in [-0.3, -0.25) is 9.63 Å². The fourth-order valence-electron chi connectivity index (χ4n) is 0.788. The molecule has 0 saturated carbocycles. The Balaban J connectivity index is 4.06. The van der Waals surface area contributed by atoms with Crippen molar-refractivity contribution >= 4 is 15.7 Å². The van der Waals surface area contributed by atoms with Crippen LogP contribution in [0.25, 0.3) is 0 Å². The summed E-state index contributed by atoms with van der Waals surface area (Å²) in [6, 6.07) is 0. The van der Waals surface area contributed by atoms with E-state index in [1.165, 1.54) is 6.92 Å². The van der Waals surface area contributed by atoms with E-state index in [0.29, 0.717) is 6.61 Å². The molecule has 88 valence electrons. The third-order valence-electron chi connectivity index (χ3n) is 1.51. The lowest BCUT2D eigenvalue weighted by Gasteiger charge is -2.04. The Morgan fingerprint density at radius 1 is 1.47 bits per heavy atom. The quantitative estimate of drug-likeness (QED) is 0.419. The first-order valence-corrected chi connectivity index (χ1v) is 6.62. The molecule has 0 fully saturated rings. The van der Waals surface area contributed by atoms with Gasteiger partial charge in [-0.1, -0.05) is 13.3 Å². The third-order valence-corrected chi connectivity index (χ3v) is 2.30. The van der Waals surface area contributed by atoms with Crippen LogP contribution in [0.5, 0.6) is 0 Å². The number of hydrogen-bond donors (Lipinski definition) is 1. The predicted octanol–water partition coefficient (Wildman–Crippen LogP) is 0.783. The smallest absolute Gasteiger partial charge is 0.271 e. The molecule has 0 spiro atoms. The number of unbranched alkanes of at least 4 members (excludes halogenated alkanes) is 1. The molecule has 0 heterocycles. The van der Waals surface area contributed by atoms with Crippen LogP contribution in [0.2, 0.25) is 0 Å². The Kier molecular flexibility index (Phi) is 6.19. The fraction of sp³-hybridized carbons (Fsp3) is 0.667. The van der Waals surface area contributed by atoms with E-state index in [9.17, 15) is 13.2 Å². The van der Waals surface area contributed by atoms with Crippen LogP contribution in [0.1, 0.15) is 26.7 Å². The van der Waals surface area contributed by atoms with Gasteiger partial charge in [0, 0.05) is 17.2 Å². The van der Waals surface area contributed by atoms with Crippen molar-refractivity contribution in [3.8, 4) is 0 Å². The number of nitrogens with one attached hydrogen (secondary N) is 1. The Bertz CT molecular complexity index is 332. The monoisotopic (exact) mass is 235 g/mol. The van der Waals surface area contributed by atoms with Gasteiger partial charge in [-0.25, -0.2) is 13.9 Å². The Morgan fingerprint density at radius 3 is 2.53 bits per heavy atom. The maximum Gasteiger partial charge on any atom is 0.271 e. The first-order chi connectivity index (χ1) is 6.87. The zero-order valence-corrected chi connectivity index (χ0v) is 10.1. The van der Waals surface area contributed by atoms with Crippen LogP contribution in [0.15, 0.2) is 11.0 Å². The average molecular weight is 235 g/mol. The van der Waals surface area contributed by atoms with Crippen LogP contribution < -0.4 is 5.48 Å². The van der Waals surface area contributed by atoms with Gasteiger partial charge >= 0.3 is 0 Å². The van der Waals surface area contributed by atoms with Crippen molar-refractivity contribution in [2.75, 3.05) is 12.9 Å². The van der Waals surface area contributed by atoms with Gasteiger partial charge in [0.2, 0.25) is 0 Å². The lowest BCUT2D eigenvalue weighted by atomic mass is 10.3. The molecule has 0 radical (unpaired) electrons. The molecule has 0 unspecified atom stereocenters. The largest absolute Gasteiger partial charge is 0.273 e. The summed E-state index contributed by atoms with van der Waals surface area (Å²) in [7, 11) is -3.28. The second kappa shape index (κ2) is 6.58. The molecule has 0 aromatic rings. The maximum absolute atomic E-state index is 11.2. The molecule has 0 aromatic heterocycles. The molecule has 0 aromatic carbocycles. The molecule has 0 saturated heterocycles. The lowest BCUT2D eigenvalue weighted by molar-refractivity contribution is -0.129. The third kappa shape index (κ3) is 8.14. The fourth-order valence-corrected chi connectivity index (χ4v) is 1.54. The summed E-state index contributed by atoms with van der Waals surface area (Å²) in [5.41, 5.74) is 2.27. The van der Waals surface area contributed by atoms with Crippen LogP contribution in [-0.4, -0.2) is 27.2 Å². The molecule has 15 heavy (non-hydrogen) atoms. The molecule has 0 aliphatic rings. The van der Waals surface area contributed by atoms with Crippen molar-refractivity contribution in [3.05, 3.63) is 11.0 Å². The molecule has 0 aliphatic heterocycles. The first-order valence-electron chi connectivity index (χ1n) is 4.67. The minimum atomic E-state index is -3.28. The summed E-state index contributed by atoms with van der Waals surface area (Å²) in [5.74, 6) is -0.531. The number of sulfone groups is 1. The van der Waals surface area contributed by atoms with Crippen molar-refractivity contribution in [1.82, 2.24) is 5.48 Å². The highest BCUT2D eigenvalue weighted by Crippen LogP contribution is 1.97. The zero-order valence-electron chi connectivity index (χ0n) is 9.24. The SMILES string of the molecule is CCCCONC(=O)C(C)=CS(C)(=O)=O. The number of amides is 1. The van der Waals surface area contributed by atoms with Crippen molar-refractivity contribution in [2.24, 2.45) is 0 Å². The summed E-state index contributed by atoms with van der Waals surface area (Å²) in [6.45, 7) is 3.84. The van der Waals surface area contributed by atoms with E-state index in [2.05, 4.69) is 5.48 Å². The topological polar surface area (TPSA) is 72.5 Å². The average Bonchev–Trinajstić information content (AvgIpc) is 2.09. The number of hydroxylamine groups is 1. The zero-order chi connectivity index (χ0) is 11.9. The van der Waals surface area contributed by atoms with Crippen molar-refractivity contribution < 1.29 is 18.0 Å². The summed E-state index contributed by atoms with van der Waals surface area (Å²) in [5, 5.41) is 0.908. The number of carbonyl (C=O) groups is 1. The number of rotatable bonds is 6. The van der Waals surface area contributed by atoms with E-state index in [0.717, 1.165) is 24.5 Å². The van der Waals surface area contributed by atoms with Crippen LogP contribution in [-0.2, 0) is 19.5 Å². The molecule has 0 aliphatic carbocycles. The van der Waals surface area contributed by atoms with Crippen molar-refractivity contribution in [2.45, 2.75) is 26.7 Å². The van der Waals surface area contributed by atoms with Crippen LogP contribution in [0, 0.1) is 0 Å². The predicted molar refractivity (Wildman–Crippen MR) is 57.6 cm³/mol. The van der Waals surface area contributed by atoms with Crippen LogP contribution in [0.4, 0.5) is 0 Å². The van der Waals surface area contributed by atoms with Crippen LogP contribution >= 0.6 is 0 Å². The van der Waals surface area contributed by atoms with Gasteiger partial charge in [0.15, 0.2) is 9.84 Å². The first kappa shape index (κ1) is 14.1. The van der Waals surface area contributed by atoms with E-state index < -0.39 is 15.7 Å². The molecule has 0 rings (SSSR count). The highest BCUT2D eigenvalue weighted by molar-refractivity contribution is 7.93. The summed E-state index contributed by atoms with van der Waals surface area (Å²) in [4.78, 5) is 16.1. The molecule has 5 nitrogen and oxygen atoms in total. The Morgan fingerprint density at radius 2 is 2.07 bits per heavy atom. The van der Waals surface area contributed by atoms with E-state index in [-0.39, 0.29) is 5.57 Å². The summed E-state index contributed by atoms with van der Waals surface area (Å²) < 4.78 is 21.7. The van der Waals surface area contributed by atoms with Crippen LogP contribution in [0.3, 0.4) is 0 Å². The van der Waals surface area contributed by atoms with E-state index in [1.807, 2.05) is 6.92 Å². The second-order valence-electron chi connectivity index (χ2n) is 3.26. The summed E-state index contributed by atoms with van der Waals surface area (Å²) in [6.07, 6.45) is 2.84. The van der Waals surface area contributed by atoms with E-state index in [1.54, 1.807) is 0 Å². The van der Waals surface area contributed by atoms with E-state index in [4.69, 9.17) is 4.84 Å². The van der Waals surface area contributed by atoms with Gasteiger partial charge in [0.25, 0.3) is 5.91 Å². The van der Waals surface area contributed by atoms with Crippen molar-refractivity contribution in [1.29, 1.82) is 0 Å². The summed E-state index contributed by atoms with van der Waals surface area (Å²) >= 11 is 0.